The van der Waals surface area contributed by atoms with E-state index in [1.54, 1.807) is 34.6 Å². The quantitative estimate of drug-likeness (QED) is 0.789. The van der Waals surface area contributed by atoms with Gasteiger partial charge in [0.15, 0.2) is 0 Å². The van der Waals surface area contributed by atoms with E-state index in [0.717, 1.165) is 31.2 Å². The van der Waals surface area contributed by atoms with Crippen molar-refractivity contribution in [1.29, 1.82) is 0 Å². The number of sulfonamides is 1. The van der Waals surface area contributed by atoms with Crippen LogP contribution < -0.4 is 5.32 Å². The van der Waals surface area contributed by atoms with Crippen LogP contribution in [0.3, 0.4) is 0 Å². The average molecular weight is 365 g/mol. The molecule has 1 aliphatic heterocycles. The number of carbonyl (C=O) groups is 1. The van der Waals surface area contributed by atoms with Crippen LogP contribution in [0.2, 0.25) is 0 Å². The molecule has 0 spiro atoms. The molecule has 1 aromatic carbocycles. The largest absolute Gasteiger partial charge is 0.352 e. The Morgan fingerprint density at radius 1 is 1.12 bits per heavy atom. The van der Waals surface area contributed by atoms with E-state index in [1.165, 1.54) is 6.08 Å². The third kappa shape index (κ3) is 5.97. The fourth-order valence-electron chi connectivity index (χ4n) is 2.72. The Morgan fingerprint density at radius 2 is 1.72 bits per heavy atom. The molecule has 1 aliphatic rings. The summed E-state index contributed by atoms with van der Waals surface area (Å²) < 4.78 is 27.0. The Bertz CT molecular complexity index is 686. The first-order chi connectivity index (χ1) is 11.9. The normalized spacial score (nSPS) is 16.9. The van der Waals surface area contributed by atoms with Crippen LogP contribution in [0.15, 0.2) is 35.2 Å². The molecule has 2 rings (SSSR count). The highest BCUT2D eigenvalue weighted by atomic mass is 32.2. The Balaban J connectivity index is 2.02. The molecule has 0 aliphatic carbocycles. The highest BCUT2D eigenvalue weighted by molar-refractivity contribution is 7.89. The molecule has 0 bridgehead atoms. The lowest BCUT2D eigenvalue weighted by molar-refractivity contribution is -0.116. The van der Waals surface area contributed by atoms with Gasteiger partial charge in [-0.25, -0.2) is 8.42 Å². The van der Waals surface area contributed by atoms with Crippen LogP contribution >= 0.6 is 0 Å². The minimum Gasteiger partial charge on any atom is -0.352 e. The van der Waals surface area contributed by atoms with E-state index in [-0.39, 0.29) is 5.91 Å². The van der Waals surface area contributed by atoms with Gasteiger partial charge in [-0.3, -0.25) is 4.79 Å². The Hall–Kier alpha value is -1.66. The predicted molar refractivity (Wildman–Crippen MR) is 101 cm³/mol. The fourth-order valence-corrected chi connectivity index (χ4v) is 4.23. The molecule has 0 saturated carbocycles. The molecule has 0 unspecified atom stereocenters. The number of nitrogens with zero attached hydrogens (tertiary/aromatic N) is 1. The molecule has 0 aromatic heterocycles. The second kappa shape index (κ2) is 9.15. The van der Waals surface area contributed by atoms with Gasteiger partial charge in [0.25, 0.3) is 0 Å². The minimum atomic E-state index is -3.42. The Labute approximate surface area is 151 Å². The summed E-state index contributed by atoms with van der Waals surface area (Å²) in [5.41, 5.74) is 0.800. The van der Waals surface area contributed by atoms with Crippen molar-refractivity contribution < 1.29 is 13.2 Å². The summed E-state index contributed by atoms with van der Waals surface area (Å²) in [7, 11) is -3.42. The lowest BCUT2D eigenvalue weighted by Gasteiger charge is -2.19. The van der Waals surface area contributed by atoms with Gasteiger partial charge in [0.05, 0.1) is 4.90 Å². The number of amides is 1. The van der Waals surface area contributed by atoms with E-state index < -0.39 is 10.0 Å². The zero-order chi connectivity index (χ0) is 18.3. The summed E-state index contributed by atoms with van der Waals surface area (Å²) in [6.07, 6.45) is 7.19. The van der Waals surface area contributed by atoms with Crippen LogP contribution in [0, 0.1) is 5.92 Å². The standard InChI is InChI=1S/C19H28N2O3S/c1-16(2)15-20-19(22)12-9-17-7-10-18(11-8-17)25(23,24)21-13-5-3-4-6-14-21/h7-12,16H,3-6,13-15H2,1-2H3,(H,20,22)/b12-9+. The number of nitrogens with one attached hydrogen (secondary N) is 1. The van der Waals surface area contributed by atoms with E-state index in [4.69, 9.17) is 0 Å². The second-order valence-electron chi connectivity index (χ2n) is 6.86. The van der Waals surface area contributed by atoms with Gasteiger partial charge in [0, 0.05) is 25.7 Å². The monoisotopic (exact) mass is 364 g/mol. The molecule has 1 amide bonds. The lowest BCUT2D eigenvalue weighted by Crippen LogP contribution is -2.31. The van der Waals surface area contributed by atoms with Crippen LogP contribution in [0.4, 0.5) is 0 Å². The fraction of sp³-hybridized carbons (Fsp3) is 0.526. The zero-order valence-electron chi connectivity index (χ0n) is 15.1. The third-order valence-electron chi connectivity index (χ3n) is 4.19. The SMILES string of the molecule is CC(C)CNC(=O)/C=C/c1ccc(S(=O)(=O)N2CCCCCC2)cc1. The third-order valence-corrected chi connectivity index (χ3v) is 6.11. The second-order valence-corrected chi connectivity index (χ2v) is 8.80. The van der Waals surface area contributed by atoms with Gasteiger partial charge >= 0.3 is 0 Å². The molecule has 0 atom stereocenters. The maximum absolute atomic E-state index is 12.7. The first-order valence-electron chi connectivity index (χ1n) is 8.96. The maximum Gasteiger partial charge on any atom is 0.244 e. The molecule has 138 valence electrons. The van der Waals surface area contributed by atoms with Crippen molar-refractivity contribution in [1.82, 2.24) is 9.62 Å². The van der Waals surface area contributed by atoms with Crippen molar-refractivity contribution in [2.75, 3.05) is 19.6 Å². The van der Waals surface area contributed by atoms with Gasteiger partial charge in [0.2, 0.25) is 15.9 Å². The van der Waals surface area contributed by atoms with Crippen molar-refractivity contribution in [2.24, 2.45) is 5.92 Å². The highest BCUT2D eigenvalue weighted by Gasteiger charge is 2.24. The molecule has 1 N–H and O–H groups in total. The summed E-state index contributed by atoms with van der Waals surface area (Å²) >= 11 is 0. The lowest BCUT2D eigenvalue weighted by atomic mass is 10.2. The van der Waals surface area contributed by atoms with Crippen LogP contribution in [-0.2, 0) is 14.8 Å². The van der Waals surface area contributed by atoms with Crippen LogP contribution in [0.1, 0.15) is 45.1 Å². The topological polar surface area (TPSA) is 66.5 Å². The molecule has 1 aromatic rings. The van der Waals surface area contributed by atoms with Crippen LogP contribution in [-0.4, -0.2) is 38.3 Å². The summed E-state index contributed by atoms with van der Waals surface area (Å²) in [5, 5.41) is 2.81. The van der Waals surface area contributed by atoms with Crippen molar-refractivity contribution in [3.63, 3.8) is 0 Å². The molecule has 1 fully saturated rings. The number of hydrogen-bond acceptors (Lipinski definition) is 3. The summed E-state index contributed by atoms with van der Waals surface area (Å²) in [4.78, 5) is 12.0. The maximum atomic E-state index is 12.7. The minimum absolute atomic E-state index is 0.144. The van der Waals surface area contributed by atoms with Gasteiger partial charge in [0.1, 0.15) is 0 Å². The molecule has 1 saturated heterocycles. The molecular formula is C19H28N2O3S. The summed E-state index contributed by atoms with van der Waals surface area (Å²) in [6.45, 7) is 5.90. The van der Waals surface area contributed by atoms with Crippen molar-refractivity contribution in [3.05, 3.63) is 35.9 Å². The van der Waals surface area contributed by atoms with E-state index in [9.17, 15) is 13.2 Å². The van der Waals surface area contributed by atoms with Crippen molar-refractivity contribution in [2.45, 2.75) is 44.4 Å². The van der Waals surface area contributed by atoms with Crippen LogP contribution in [0.5, 0.6) is 0 Å². The van der Waals surface area contributed by atoms with Gasteiger partial charge in [-0.15, -0.1) is 0 Å². The van der Waals surface area contributed by atoms with Crippen molar-refractivity contribution in [3.8, 4) is 0 Å². The molecule has 5 nitrogen and oxygen atoms in total. The number of benzene rings is 1. The molecule has 25 heavy (non-hydrogen) atoms. The Morgan fingerprint density at radius 3 is 2.28 bits per heavy atom. The van der Waals surface area contributed by atoms with Gasteiger partial charge in [-0.1, -0.05) is 38.8 Å². The number of carbonyl (C=O) groups excluding carboxylic acids is 1. The van der Waals surface area contributed by atoms with E-state index in [2.05, 4.69) is 5.32 Å². The molecule has 1 heterocycles. The van der Waals surface area contributed by atoms with Crippen LogP contribution in [0.25, 0.3) is 6.08 Å². The smallest absolute Gasteiger partial charge is 0.244 e. The first kappa shape index (κ1) is 19.7. The van der Waals surface area contributed by atoms with Gasteiger partial charge in [-0.05, 0) is 42.5 Å². The summed E-state index contributed by atoms with van der Waals surface area (Å²) in [6, 6.07) is 6.70. The zero-order valence-corrected chi connectivity index (χ0v) is 15.9. The van der Waals surface area contributed by atoms with E-state index >= 15 is 0 Å². The van der Waals surface area contributed by atoms with Crippen molar-refractivity contribution >= 4 is 22.0 Å². The number of hydrogen-bond donors (Lipinski definition) is 1. The van der Waals surface area contributed by atoms with Gasteiger partial charge in [-0.2, -0.15) is 4.31 Å². The highest BCUT2D eigenvalue weighted by Crippen LogP contribution is 2.20. The average Bonchev–Trinajstić information content (AvgIpc) is 2.88. The molecule has 0 radical (unpaired) electrons. The van der Waals surface area contributed by atoms with E-state index in [0.29, 0.717) is 30.4 Å². The van der Waals surface area contributed by atoms with Gasteiger partial charge < -0.3 is 5.32 Å². The molecular weight excluding hydrogens is 336 g/mol. The molecule has 6 heteroatoms. The van der Waals surface area contributed by atoms with E-state index in [1.807, 2.05) is 13.8 Å². The predicted octanol–water partition coefficient (Wildman–Crippen LogP) is 3.04. The Kier molecular flexibility index (Phi) is 7.20. The number of rotatable bonds is 6. The first-order valence-corrected chi connectivity index (χ1v) is 10.4. The summed E-state index contributed by atoms with van der Waals surface area (Å²) in [5.74, 6) is 0.260.